The number of carbonyl (C=O) groups excluding carboxylic acids is 4. The highest BCUT2D eigenvalue weighted by Crippen LogP contribution is 2.23. The number of unbranched alkanes of at least 4 members (excludes halogenated alkanes) is 3. The summed E-state index contributed by atoms with van der Waals surface area (Å²) in [6.07, 6.45) is 5.64. The molecular weight excluding hydrogens is 490 g/mol. The van der Waals surface area contributed by atoms with E-state index in [4.69, 9.17) is 9.15 Å². The van der Waals surface area contributed by atoms with Gasteiger partial charge < -0.3 is 19.8 Å². The number of rotatable bonds is 17. The summed E-state index contributed by atoms with van der Waals surface area (Å²) in [7, 11) is 0. The standard InChI is InChI=1S/C28H39N3O7/c1-4-7-9-10-22(23(6-3)31(36)19-32)26(33)29-18-30-27(34)25-16-15-24(38-25)20-11-13-21(14-12-20)28(35)37-17-8-5-2/h11-16,19,22-23,36H,4-10,17-18H2,1-3H3,(H,29,33)(H,30,34). The summed E-state index contributed by atoms with van der Waals surface area (Å²) in [5.41, 5.74) is 1.12. The lowest BCUT2D eigenvalue weighted by atomic mass is 9.90. The Labute approximate surface area is 223 Å². The van der Waals surface area contributed by atoms with Gasteiger partial charge in [-0.05, 0) is 43.5 Å². The topological polar surface area (TPSA) is 138 Å². The molecule has 2 unspecified atom stereocenters. The van der Waals surface area contributed by atoms with E-state index in [9.17, 15) is 24.4 Å². The Morgan fingerprint density at radius 1 is 1.00 bits per heavy atom. The molecule has 10 nitrogen and oxygen atoms in total. The Kier molecular flexibility index (Phi) is 13.1. The van der Waals surface area contributed by atoms with E-state index in [2.05, 4.69) is 10.6 Å². The first kappa shape index (κ1) is 30.6. The van der Waals surface area contributed by atoms with Crippen molar-refractivity contribution in [1.29, 1.82) is 0 Å². The monoisotopic (exact) mass is 529 g/mol. The molecule has 1 aromatic carbocycles. The van der Waals surface area contributed by atoms with Crippen molar-refractivity contribution in [2.45, 2.75) is 71.8 Å². The SMILES string of the molecule is CCCCCC(C(=O)NCNC(=O)c1ccc(-c2ccc(C(=O)OCCCC)cc2)o1)C(CC)N(O)C=O. The molecule has 3 N–H and O–H groups in total. The van der Waals surface area contributed by atoms with Crippen LogP contribution in [-0.4, -0.2) is 53.8 Å². The van der Waals surface area contributed by atoms with Crippen molar-refractivity contribution < 1.29 is 33.5 Å². The van der Waals surface area contributed by atoms with Gasteiger partial charge in [0.05, 0.1) is 30.8 Å². The van der Waals surface area contributed by atoms with Gasteiger partial charge in [0.15, 0.2) is 5.76 Å². The van der Waals surface area contributed by atoms with Crippen molar-refractivity contribution in [3.05, 3.63) is 47.7 Å². The number of furan rings is 1. The first-order chi connectivity index (χ1) is 18.4. The molecule has 2 rings (SSSR count). The molecule has 0 bridgehead atoms. The van der Waals surface area contributed by atoms with Crippen molar-refractivity contribution in [3.63, 3.8) is 0 Å². The number of ether oxygens (including phenoxy) is 1. The summed E-state index contributed by atoms with van der Waals surface area (Å²) in [4.78, 5) is 48.5. The van der Waals surface area contributed by atoms with Gasteiger partial charge in [-0.15, -0.1) is 0 Å². The van der Waals surface area contributed by atoms with Crippen LogP contribution in [0.2, 0.25) is 0 Å². The van der Waals surface area contributed by atoms with Crippen LogP contribution in [0, 0.1) is 5.92 Å². The number of hydroxylamine groups is 2. The smallest absolute Gasteiger partial charge is 0.338 e. The van der Waals surface area contributed by atoms with Crippen LogP contribution < -0.4 is 10.6 Å². The predicted molar refractivity (Wildman–Crippen MR) is 141 cm³/mol. The molecule has 1 aromatic heterocycles. The van der Waals surface area contributed by atoms with Crippen molar-refractivity contribution in [3.8, 4) is 11.3 Å². The van der Waals surface area contributed by atoms with E-state index in [0.717, 1.165) is 32.1 Å². The van der Waals surface area contributed by atoms with E-state index in [-0.39, 0.29) is 24.3 Å². The highest BCUT2D eigenvalue weighted by molar-refractivity contribution is 5.92. The molecule has 0 spiro atoms. The average Bonchev–Trinajstić information content (AvgIpc) is 3.43. The Morgan fingerprint density at radius 3 is 2.34 bits per heavy atom. The minimum Gasteiger partial charge on any atom is -0.462 e. The fourth-order valence-corrected chi connectivity index (χ4v) is 4.05. The van der Waals surface area contributed by atoms with Gasteiger partial charge in [-0.2, -0.15) is 0 Å². The Balaban J connectivity index is 1.94. The van der Waals surface area contributed by atoms with Gasteiger partial charge in [0.25, 0.3) is 5.91 Å². The van der Waals surface area contributed by atoms with Gasteiger partial charge in [0, 0.05) is 5.56 Å². The number of benzene rings is 1. The molecule has 0 fully saturated rings. The maximum Gasteiger partial charge on any atom is 0.338 e. The zero-order chi connectivity index (χ0) is 27.9. The van der Waals surface area contributed by atoms with E-state index in [0.29, 0.717) is 47.8 Å². The van der Waals surface area contributed by atoms with E-state index in [1.807, 2.05) is 13.8 Å². The largest absolute Gasteiger partial charge is 0.462 e. The number of esters is 1. The van der Waals surface area contributed by atoms with Crippen molar-refractivity contribution in [2.75, 3.05) is 13.3 Å². The van der Waals surface area contributed by atoms with Gasteiger partial charge in [-0.1, -0.05) is 58.6 Å². The zero-order valence-electron chi connectivity index (χ0n) is 22.4. The Bertz CT molecular complexity index is 1040. The van der Waals surface area contributed by atoms with Crippen LogP contribution in [0.25, 0.3) is 11.3 Å². The number of carbonyl (C=O) groups is 4. The summed E-state index contributed by atoms with van der Waals surface area (Å²) in [6, 6.07) is 9.21. The molecule has 38 heavy (non-hydrogen) atoms. The second-order valence-corrected chi connectivity index (χ2v) is 9.02. The van der Waals surface area contributed by atoms with Crippen LogP contribution in [0.4, 0.5) is 0 Å². The average molecular weight is 530 g/mol. The van der Waals surface area contributed by atoms with Gasteiger partial charge in [0.1, 0.15) is 5.76 Å². The summed E-state index contributed by atoms with van der Waals surface area (Å²) < 4.78 is 10.9. The minimum atomic E-state index is -0.655. The van der Waals surface area contributed by atoms with Crippen LogP contribution >= 0.6 is 0 Å². The fourth-order valence-electron chi connectivity index (χ4n) is 4.05. The second kappa shape index (κ2) is 16.2. The summed E-state index contributed by atoms with van der Waals surface area (Å²) in [6.45, 7) is 6.10. The molecule has 0 aliphatic carbocycles. The molecule has 0 aliphatic rings. The Hall–Kier alpha value is -3.66. The summed E-state index contributed by atoms with van der Waals surface area (Å²) >= 11 is 0. The van der Waals surface area contributed by atoms with Gasteiger partial charge >= 0.3 is 5.97 Å². The molecule has 2 aromatic rings. The van der Waals surface area contributed by atoms with Crippen LogP contribution in [0.1, 0.15) is 86.6 Å². The molecule has 0 saturated carbocycles. The number of hydrogen-bond donors (Lipinski definition) is 3. The van der Waals surface area contributed by atoms with Crippen LogP contribution in [0.15, 0.2) is 40.8 Å². The van der Waals surface area contributed by atoms with E-state index in [1.54, 1.807) is 37.3 Å². The normalized spacial score (nSPS) is 12.3. The van der Waals surface area contributed by atoms with Crippen molar-refractivity contribution in [1.82, 2.24) is 15.7 Å². The number of nitrogens with zero attached hydrogens (tertiary/aromatic N) is 1. The Morgan fingerprint density at radius 2 is 1.71 bits per heavy atom. The molecule has 2 atom stereocenters. The maximum atomic E-state index is 12.8. The van der Waals surface area contributed by atoms with Gasteiger partial charge in [-0.25, -0.2) is 9.86 Å². The lowest BCUT2D eigenvalue weighted by molar-refractivity contribution is -0.168. The maximum absolute atomic E-state index is 12.8. The third-order valence-corrected chi connectivity index (χ3v) is 6.26. The molecular formula is C28H39N3O7. The molecule has 0 saturated heterocycles. The first-order valence-electron chi connectivity index (χ1n) is 13.2. The van der Waals surface area contributed by atoms with Gasteiger partial charge in [0.2, 0.25) is 12.3 Å². The van der Waals surface area contributed by atoms with E-state index in [1.165, 1.54) is 6.07 Å². The summed E-state index contributed by atoms with van der Waals surface area (Å²) in [5, 5.41) is 15.7. The minimum absolute atomic E-state index is 0.0609. The lowest BCUT2D eigenvalue weighted by Gasteiger charge is -2.29. The van der Waals surface area contributed by atoms with Crippen LogP contribution in [0.3, 0.4) is 0 Å². The third kappa shape index (κ3) is 9.02. The van der Waals surface area contributed by atoms with Crippen molar-refractivity contribution in [2.24, 2.45) is 5.92 Å². The molecule has 208 valence electrons. The second-order valence-electron chi connectivity index (χ2n) is 9.02. The highest BCUT2D eigenvalue weighted by Gasteiger charge is 2.30. The number of amides is 3. The number of nitrogens with one attached hydrogen (secondary N) is 2. The summed E-state index contributed by atoms with van der Waals surface area (Å²) in [5.74, 6) is -1.36. The number of hydrogen-bond acceptors (Lipinski definition) is 7. The van der Waals surface area contributed by atoms with E-state index < -0.39 is 17.9 Å². The molecule has 1 heterocycles. The quantitative estimate of drug-likeness (QED) is 0.0683. The third-order valence-electron chi connectivity index (χ3n) is 6.26. The van der Waals surface area contributed by atoms with Crippen LogP contribution in [0.5, 0.6) is 0 Å². The van der Waals surface area contributed by atoms with E-state index >= 15 is 0 Å². The predicted octanol–water partition coefficient (Wildman–Crippen LogP) is 4.53. The first-order valence-corrected chi connectivity index (χ1v) is 13.2. The van der Waals surface area contributed by atoms with Crippen LogP contribution in [-0.2, 0) is 14.3 Å². The molecule has 0 aliphatic heterocycles. The van der Waals surface area contributed by atoms with Crippen molar-refractivity contribution >= 4 is 24.2 Å². The molecule has 10 heteroatoms. The molecule has 0 radical (unpaired) electrons. The highest BCUT2D eigenvalue weighted by atomic mass is 16.5. The zero-order valence-corrected chi connectivity index (χ0v) is 22.4. The lowest BCUT2D eigenvalue weighted by Crippen LogP contribution is -2.47. The molecule has 3 amide bonds. The fraction of sp³-hybridized carbons (Fsp3) is 0.500. The van der Waals surface area contributed by atoms with Gasteiger partial charge in [-0.3, -0.25) is 19.6 Å².